The molecule has 0 saturated carbocycles. The first-order valence-corrected chi connectivity index (χ1v) is 14.7. The van der Waals surface area contributed by atoms with Gasteiger partial charge in [-0.1, -0.05) is 50.2 Å². The average molecular weight is 598 g/mol. The Morgan fingerprint density at radius 3 is 2.14 bits per heavy atom. The Balaban J connectivity index is 1.34. The molecule has 0 bridgehead atoms. The van der Waals surface area contributed by atoms with Gasteiger partial charge in [0.25, 0.3) is 17.2 Å². The number of aromatic nitrogens is 1. The van der Waals surface area contributed by atoms with E-state index in [1.54, 1.807) is 62.6 Å². The van der Waals surface area contributed by atoms with Crippen LogP contribution in [0.1, 0.15) is 30.0 Å². The van der Waals surface area contributed by atoms with Crippen molar-refractivity contribution in [2.45, 2.75) is 26.8 Å². The molecule has 2 unspecified atom stereocenters. The summed E-state index contributed by atoms with van der Waals surface area (Å²) in [6.07, 6.45) is 3.46. The molecular formula is C33H31N3O6S. The Morgan fingerprint density at radius 2 is 1.56 bits per heavy atom. The molecule has 2 N–H and O–H groups in total. The van der Waals surface area contributed by atoms with Gasteiger partial charge in [-0.2, -0.15) is 0 Å². The number of aryl methyl sites for hydroxylation is 1. The van der Waals surface area contributed by atoms with Crippen LogP contribution >= 0.6 is 0 Å². The number of anilines is 2. The lowest BCUT2D eigenvalue weighted by Gasteiger charge is -2.30. The number of methoxy groups -OCH3 is 1. The van der Waals surface area contributed by atoms with Gasteiger partial charge in [0, 0.05) is 29.0 Å². The number of benzene rings is 3. The van der Waals surface area contributed by atoms with Crippen LogP contribution in [0.2, 0.25) is 0 Å². The lowest BCUT2D eigenvalue weighted by molar-refractivity contribution is -0.142. The smallest absolute Gasteiger partial charge is 0.329 e. The molecule has 220 valence electrons. The number of ether oxygens (including phenoxy) is 1. The van der Waals surface area contributed by atoms with Crippen LogP contribution in [-0.4, -0.2) is 38.8 Å². The largest absolute Gasteiger partial charge is 0.467 e. The Kier molecular flexibility index (Phi) is 8.70. The van der Waals surface area contributed by atoms with Crippen LogP contribution < -0.4 is 9.62 Å². The van der Waals surface area contributed by atoms with Gasteiger partial charge in [-0.3, -0.25) is 18.6 Å². The number of nitrogens with one attached hydrogen (secondary N) is 1. The molecule has 0 spiro atoms. The third-order valence-electron chi connectivity index (χ3n) is 7.24. The maximum Gasteiger partial charge on any atom is 0.329 e. The predicted octanol–water partition coefficient (Wildman–Crippen LogP) is 6.86. The molecule has 2 aromatic heterocycles. The molecule has 0 fully saturated rings. The SMILES string of the molecule is COC(=O)C(C(C)C)N(c1ccc(-c2ccc(NC(=O)c3oc4cccc(-c5ccncc5)c4c3C)cc2)cc1)S(=O)O. The van der Waals surface area contributed by atoms with Gasteiger partial charge in [0.2, 0.25) is 0 Å². The molecule has 2 atom stereocenters. The van der Waals surface area contributed by atoms with Crippen LogP contribution in [0.15, 0.2) is 95.7 Å². The summed E-state index contributed by atoms with van der Waals surface area (Å²) in [7, 11) is 1.25. The third kappa shape index (κ3) is 6.06. The highest BCUT2D eigenvalue weighted by molar-refractivity contribution is 7.80. The molecular weight excluding hydrogens is 566 g/mol. The van der Waals surface area contributed by atoms with E-state index in [0.29, 0.717) is 17.0 Å². The van der Waals surface area contributed by atoms with Gasteiger partial charge >= 0.3 is 5.97 Å². The number of fused-ring (bicyclic) bond motifs is 1. The summed E-state index contributed by atoms with van der Waals surface area (Å²) in [4.78, 5) is 29.7. The van der Waals surface area contributed by atoms with Crippen LogP contribution in [-0.2, 0) is 20.8 Å². The highest BCUT2D eigenvalue weighted by atomic mass is 32.2. The minimum absolute atomic E-state index is 0.244. The number of nitrogens with zero attached hydrogens (tertiary/aromatic N) is 2. The van der Waals surface area contributed by atoms with Crippen LogP contribution in [0.5, 0.6) is 0 Å². The summed E-state index contributed by atoms with van der Waals surface area (Å²) in [5.41, 5.74) is 6.06. The molecule has 1 amide bonds. The van der Waals surface area contributed by atoms with Crippen molar-refractivity contribution in [2.24, 2.45) is 5.92 Å². The second kappa shape index (κ2) is 12.6. The fourth-order valence-corrected chi connectivity index (χ4v) is 5.96. The van der Waals surface area contributed by atoms with Crippen molar-refractivity contribution in [1.29, 1.82) is 0 Å². The fourth-order valence-electron chi connectivity index (χ4n) is 5.13. The van der Waals surface area contributed by atoms with E-state index in [2.05, 4.69) is 10.3 Å². The van der Waals surface area contributed by atoms with Crippen LogP contribution in [0.3, 0.4) is 0 Å². The molecule has 0 radical (unpaired) electrons. The van der Waals surface area contributed by atoms with E-state index in [1.165, 1.54) is 7.11 Å². The Bertz CT molecular complexity index is 1780. The normalized spacial score (nSPS) is 12.6. The zero-order valence-electron chi connectivity index (χ0n) is 24.1. The predicted molar refractivity (Wildman–Crippen MR) is 168 cm³/mol. The minimum atomic E-state index is -2.44. The van der Waals surface area contributed by atoms with Crippen molar-refractivity contribution in [3.63, 3.8) is 0 Å². The highest BCUT2D eigenvalue weighted by Crippen LogP contribution is 2.35. The number of esters is 1. The number of pyridine rings is 1. The lowest BCUT2D eigenvalue weighted by Crippen LogP contribution is -2.46. The van der Waals surface area contributed by atoms with Crippen molar-refractivity contribution in [3.05, 3.63) is 103 Å². The molecule has 0 aliphatic rings. The second-order valence-corrected chi connectivity index (χ2v) is 11.2. The van der Waals surface area contributed by atoms with E-state index in [1.807, 2.05) is 49.4 Å². The summed E-state index contributed by atoms with van der Waals surface area (Å²) < 4.78 is 34.2. The molecule has 0 aliphatic heterocycles. The van der Waals surface area contributed by atoms with E-state index in [0.717, 1.165) is 37.5 Å². The first kappa shape index (κ1) is 29.7. The summed E-state index contributed by atoms with van der Waals surface area (Å²) in [5.74, 6) is -0.966. The van der Waals surface area contributed by atoms with Crippen molar-refractivity contribution in [3.8, 4) is 22.3 Å². The van der Waals surface area contributed by atoms with Gasteiger partial charge in [0.15, 0.2) is 5.76 Å². The Hall–Kier alpha value is -4.80. The average Bonchev–Trinajstić information content (AvgIpc) is 3.36. The number of furan rings is 1. The quantitative estimate of drug-likeness (QED) is 0.141. The number of rotatable bonds is 9. The third-order valence-corrected chi connectivity index (χ3v) is 8.02. The van der Waals surface area contributed by atoms with E-state index < -0.39 is 23.3 Å². The van der Waals surface area contributed by atoms with Crippen molar-refractivity contribution < 1.29 is 27.5 Å². The van der Waals surface area contributed by atoms with E-state index in [9.17, 15) is 18.4 Å². The molecule has 0 saturated heterocycles. The first-order chi connectivity index (χ1) is 20.7. The van der Waals surface area contributed by atoms with Crippen molar-refractivity contribution in [2.75, 3.05) is 16.7 Å². The number of carbonyl (C=O) groups is 2. The lowest BCUT2D eigenvalue weighted by atomic mass is 10.00. The second-order valence-electron chi connectivity index (χ2n) is 10.3. The number of hydrogen-bond acceptors (Lipinski definition) is 6. The number of carbonyl (C=O) groups excluding carboxylic acids is 2. The summed E-state index contributed by atoms with van der Waals surface area (Å²) in [6.45, 7) is 5.44. The van der Waals surface area contributed by atoms with Gasteiger partial charge in [-0.25, -0.2) is 9.00 Å². The zero-order valence-corrected chi connectivity index (χ0v) is 24.9. The van der Waals surface area contributed by atoms with Crippen molar-refractivity contribution in [1.82, 2.24) is 4.98 Å². The van der Waals surface area contributed by atoms with Gasteiger partial charge in [-0.05, 0) is 77.6 Å². The molecule has 43 heavy (non-hydrogen) atoms. The van der Waals surface area contributed by atoms with E-state index in [4.69, 9.17) is 9.15 Å². The topological polar surface area (TPSA) is 122 Å². The summed E-state index contributed by atoms with van der Waals surface area (Å²) >= 11 is -2.44. The maximum atomic E-state index is 13.2. The van der Waals surface area contributed by atoms with E-state index in [-0.39, 0.29) is 17.6 Å². The van der Waals surface area contributed by atoms with E-state index >= 15 is 0 Å². The number of hydrogen-bond donors (Lipinski definition) is 2. The van der Waals surface area contributed by atoms with Gasteiger partial charge < -0.3 is 14.5 Å². The van der Waals surface area contributed by atoms with Gasteiger partial charge in [0.1, 0.15) is 11.6 Å². The zero-order chi connectivity index (χ0) is 30.7. The molecule has 3 aromatic carbocycles. The van der Waals surface area contributed by atoms with Crippen LogP contribution in [0.4, 0.5) is 11.4 Å². The molecule has 2 heterocycles. The standard InChI is InChI=1S/C33H31N3O6S/c1-20(2)30(33(38)41-4)36(43(39)40)26-14-10-23(11-15-26)22-8-12-25(13-9-22)35-32(37)31-21(3)29-27(6-5-7-28(29)42-31)24-16-18-34-19-17-24/h5-20,30H,1-4H3,(H,35,37)(H,39,40). The monoisotopic (exact) mass is 597 g/mol. The molecule has 5 rings (SSSR count). The van der Waals surface area contributed by atoms with Crippen LogP contribution in [0.25, 0.3) is 33.2 Å². The first-order valence-electron chi connectivity index (χ1n) is 13.6. The fraction of sp³-hybridized carbons (Fsp3) is 0.182. The van der Waals surface area contributed by atoms with Gasteiger partial charge in [-0.15, -0.1) is 0 Å². The molecule has 9 nitrogen and oxygen atoms in total. The summed E-state index contributed by atoms with van der Waals surface area (Å²) in [5, 5.41) is 3.80. The van der Waals surface area contributed by atoms with Crippen LogP contribution in [0, 0.1) is 12.8 Å². The molecule has 0 aliphatic carbocycles. The molecule has 10 heteroatoms. The minimum Gasteiger partial charge on any atom is -0.467 e. The molecule has 5 aromatic rings. The van der Waals surface area contributed by atoms with Crippen molar-refractivity contribution >= 4 is 45.5 Å². The summed E-state index contributed by atoms with van der Waals surface area (Å²) in [6, 6.07) is 22.9. The van der Waals surface area contributed by atoms with Gasteiger partial charge in [0.05, 0.1) is 12.8 Å². The Labute approximate surface area is 251 Å². The maximum absolute atomic E-state index is 13.2. The Morgan fingerprint density at radius 1 is 0.930 bits per heavy atom. The highest BCUT2D eigenvalue weighted by Gasteiger charge is 2.33. The number of amides is 1.